The quantitative estimate of drug-likeness (QED) is 0.151. The van der Waals surface area contributed by atoms with Crippen molar-refractivity contribution in [3.8, 4) is 28.7 Å². The summed E-state index contributed by atoms with van der Waals surface area (Å²) in [6.07, 6.45) is 9.79. The summed E-state index contributed by atoms with van der Waals surface area (Å²) in [6.45, 7) is 9.17. The molecule has 0 saturated heterocycles. The van der Waals surface area contributed by atoms with Crippen molar-refractivity contribution in [3.63, 3.8) is 0 Å². The zero-order valence-corrected chi connectivity index (χ0v) is 20.3. The minimum atomic E-state index is -0.752. The predicted molar refractivity (Wildman–Crippen MR) is 125 cm³/mol. The Morgan fingerprint density at radius 1 is 0.594 bits per heavy atom. The van der Waals surface area contributed by atoms with E-state index in [2.05, 4.69) is 6.92 Å². The Bertz CT molecular complexity index is 673. The van der Waals surface area contributed by atoms with Crippen LogP contribution < -0.4 is 14.2 Å². The zero-order chi connectivity index (χ0) is 23.8. The topological polar surface area (TPSA) is 94.5 Å². The standard InChI is InChI=1S/C25H42O7/c1-5-9-10-11-12-13-14-18-32-25(28)19-20(26)21(27)23(30-16-7-3)24(31-17-8-4)22(19)29-15-6-2/h26-27H,5-18H2,1-4H3. The van der Waals surface area contributed by atoms with Gasteiger partial charge >= 0.3 is 5.97 Å². The van der Waals surface area contributed by atoms with Gasteiger partial charge in [-0.05, 0) is 25.7 Å². The molecule has 0 aromatic heterocycles. The first-order chi connectivity index (χ1) is 15.5. The van der Waals surface area contributed by atoms with Crippen molar-refractivity contribution >= 4 is 5.97 Å². The third-order valence-electron chi connectivity index (χ3n) is 4.85. The number of carbonyl (C=O) groups is 1. The summed E-state index contributed by atoms with van der Waals surface area (Å²) >= 11 is 0. The van der Waals surface area contributed by atoms with E-state index >= 15 is 0 Å². The normalized spacial score (nSPS) is 10.8. The summed E-state index contributed by atoms with van der Waals surface area (Å²) in [5.41, 5.74) is -0.228. The van der Waals surface area contributed by atoms with Crippen LogP contribution in [0, 0.1) is 0 Å². The molecule has 0 fully saturated rings. The number of hydrogen-bond donors (Lipinski definition) is 2. The third-order valence-corrected chi connectivity index (χ3v) is 4.85. The van der Waals surface area contributed by atoms with Crippen LogP contribution in [0.1, 0.15) is 102 Å². The number of rotatable bonds is 18. The lowest BCUT2D eigenvalue weighted by atomic mass is 10.1. The van der Waals surface area contributed by atoms with Crippen LogP contribution in [0.3, 0.4) is 0 Å². The number of unbranched alkanes of at least 4 members (excludes halogenated alkanes) is 6. The van der Waals surface area contributed by atoms with E-state index < -0.39 is 17.5 Å². The van der Waals surface area contributed by atoms with Crippen molar-refractivity contribution in [2.75, 3.05) is 26.4 Å². The van der Waals surface area contributed by atoms with Crippen molar-refractivity contribution in [2.24, 2.45) is 0 Å². The van der Waals surface area contributed by atoms with Crippen molar-refractivity contribution in [1.82, 2.24) is 0 Å². The van der Waals surface area contributed by atoms with Crippen LogP contribution in [0.25, 0.3) is 0 Å². The van der Waals surface area contributed by atoms with Gasteiger partial charge in [0.2, 0.25) is 17.2 Å². The molecule has 0 aliphatic rings. The highest BCUT2D eigenvalue weighted by Crippen LogP contribution is 2.53. The first-order valence-corrected chi connectivity index (χ1v) is 12.2. The van der Waals surface area contributed by atoms with Gasteiger partial charge in [-0.1, -0.05) is 66.2 Å². The second-order valence-electron chi connectivity index (χ2n) is 7.86. The smallest absolute Gasteiger partial charge is 0.346 e. The second kappa shape index (κ2) is 16.3. The fourth-order valence-corrected chi connectivity index (χ4v) is 3.16. The van der Waals surface area contributed by atoms with Crippen molar-refractivity contribution in [2.45, 2.75) is 91.9 Å². The number of hydrogen-bond acceptors (Lipinski definition) is 7. The van der Waals surface area contributed by atoms with E-state index in [1.54, 1.807) is 0 Å². The summed E-state index contributed by atoms with van der Waals surface area (Å²) in [5.74, 6) is -1.77. The van der Waals surface area contributed by atoms with E-state index in [4.69, 9.17) is 18.9 Å². The minimum Gasteiger partial charge on any atom is -0.503 e. The average molecular weight is 455 g/mol. The van der Waals surface area contributed by atoms with Gasteiger partial charge in [0.05, 0.1) is 26.4 Å². The highest BCUT2D eigenvalue weighted by atomic mass is 16.6. The molecule has 32 heavy (non-hydrogen) atoms. The van der Waals surface area contributed by atoms with Gasteiger partial charge in [0, 0.05) is 0 Å². The van der Waals surface area contributed by atoms with E-state index in [-0.39, 0.29) is 29.4 Å². The van der Waals surface area contributed by atoms with Crippen LogP contribution in [0.15, 0.2) is 0 Å². The first-order valence-electron chi connectivity index (χ1n) is 12.2. The molecule has 1 aromatic rings. The fourth-order valence-electron chi connectivity index (χ4n) is 3.16. The molecule has 7 heteroatoms. The van der Waals surface area contributed by atoms with Crippen LogP contribution >= 0.6 is 0 Å². The number of phenols is 2. The van der Waals surface area contributed by atoms with E-state index in [0.29, 0.717) is 39.1 Å². The van der Waals surface area contributed by atoms with E-state index in [9.17, 15) is 15.0 Å². The van der Waals surface area contributed by atoms with Crippen molar-refractivity contribution in [3.05, 3.63) is 5.56 Å². The van der Waals surface area contributed by atoms with Gasteiger partial charge < -0.3 is 29.2 Å². The fraction of sp³-hybridized carbons (Fsp3) is 0.720. The lowest BCUT2D eigenvalue weighted by Gasteiger charge is -2.21. The summed E-state index contributed by atoms with van der Waals surface area (Å²) in [7, 11) is 0. The van der Waals surface area contributed by atoms with Crippen LogP contribution in [-0.4, -0.2) is 42.6 Å². The van der Waals surface area contributed by atoms with Crippen LogP contribution in [0.2, 0.25) is 0 Å². The molecule has 0 radical (unpaired) electrons. The molecule has 0 atom stereocenters. The van der Waals surface area contributed by atoms with Crippen LogP contribution in [0.4, 0.5) is 0 Å². The molecule has 0 aliphatic heterocycles. The van der Waals surface area contributed by atoms with Gasteiger partial charge in [-0.3, -0.25) is 0 Å². The van der Waals surface area contributed by atoms with Gasteiger partial charge in [0.25, 0.3) is 0 Å². The van der Waals surface area contributed by atoms with Gasteiger partial charge in [0.1, 0.15) is 0 Å². The molecule has 0 unspecified atom stereocenters. The maximum absolute atomic E-state index is 12.9. The molecule has 0 heterocycles. The SMILES string of the molecule is CCCCCCCCCOC(=O)c1c(O)c(O)c(OCCC)c(OCCC)c1OCCC. The summed E-state index contributed by atoms with van der Waals surface area (Å²) in [5, 5.41) is 21.2. The van der Waals surface area contributed by atoms with Gasteiger partial charge in [0.15, 0.2) is 17.1 Å². The number of benzene rings is 1. The van der Waals surface area contributed by atoms with Gasteiger partial charge in [-0.15, -0.1) is 0 Å². The molecular weight excluding hydrogens is 412 g/mol. The lowest BCUT2D eigenvalue weighted by Crippen LogP contribution is -2.13. The zero-order valence-electron chi connectivity index (χ0n) is 20.3. The Hall–Kier alpha value is -2.31. The van der Waals surface area contributed by atoms with Crippen LogP contribution in [0.5, 0.6) is 28.7 Å². The molecular formula is C25H42O7. The third kappa shape index (κ3) is 8.67. The Morgan fingerprint density at radius 3 is 1.66 bits per heavy atom. The van der Waals surface area contributed by atoms with Crippen LogP contribution in [-0.2, 0) is 4.74 Å². The number of aromatic hydroxyl groups is 2. The molecule has 0 bridgehead atoms. The predicted octanol–water partition coefficient (Wildman–Crippen LogP) is 6.37. The Balaban J connectivity index is 3.06. The number of phenolic OH excluding ortho intramolecular Hbond substituents is 2. The monoisotopic (exact) mass is 454 g/mol. The summed E-state index contributed by atoms with van der Waals surface area (Å²) < 4.78 is 22.6. The highest BCUT2D eigenvalue weighted by Gasteiger charge is 2.32. The van der Waals surface area contributed by atoms with Gasteiger partial charge in [-0.25, -0.2) is 4.79 Å². The summed E-state index contributed by atoms with van der Waals surface area (Å²) in [6, 6.07) is 0. The molecule has 1 aromatic carbocycles. The molecule has 2 N–H and O–H groups in total. The average Bonchev–Trinajstić information content (AvgIpc) is 2.79. The number of ether oxygens (including phenoxy) is 4. The number of esters is 1. The molecule has 1 rings (SSSR count). The maximum atomic E-state index is 12.9. The number of carbonyl (C=O) groups excluding carboxylic acids is 1. The van der Waals surface area contributed by atoms with Gasteiger partial charge in [-0.2, -0.15) is 0 Å². The largest absolute Gasteiger partial charge is 0.503 e. The minimum absolute atomic E-state index is 0.0208. The van der Waals surface area contributed by atoms with Crippen molar-refractivity contribution < 1.29 is 34.0 Å². The second-order valence-corrected chi connectivity index (χ2v) is 7.86. The Kier molecular flexibility index (Phi) is 14.2. The molecule has 0 aliphatic carbocycles. The lowest BCUT2D eigenvalue weighted by molar-refractivity contribution is 0.0487. The van der Waals surface area contributed by atoms with Crippen molar-refractivity contribution in [1.29, 1.82) is 0 Å². The summed E-state index contributed by atoms with van der Waals surface area (Å²) in [4.78, 5) is 12.9. The maximum Gasteiger partial charge on any atom is 0.346 e. The molecule has 0 saturated carbocycles. The van der Waals surface area contributed by atoms with E-state index in [1.807, 2.05) is 20.8 Å². The van der Waals surface area contributed by atoms with E-state index in [0.717, 1.165) is 19.3 Å². The first kappa shape index (κ1) is 27.7. The molecule has 0 spiro atoms. The molecule has 7 nitrogen and oxygen atoms in total. The molecule has 0 amide bonds. The Morgan fingerprint density at radius 2 is 1.09 bits per heavy atom. The Labute approximate surface area is 193 Å². The van der Waals surface area contributed by atoms with E-state index in [1.165, 1.54) is 25.7 Å². The molecule has 184 valence electrons. The highest BCUT2D eigenvalue weighted by molar-refractivity contribution is 5.99.